The van der Waals surface area contributed by atoms with Crippen LogP contribution in [0.15, 0.2) is 45.8 Å². The van der Waals surface area contributed by atoms with Crippen molar-refractivity contribution in [2.75, 3.05) is 0 Å². The van der Waals surface area contributed by atoms with Gasteiger partial charge >= 0.3 is 11.9 Å². The molecule has 4 heterocycles. The van der Waals surface area contributed by atoms with Gasteiger partial charge < -0.3 is 28.8 Å². The van der Waals surface area contributed by atoms with Gasteiger partial charge in [-0.05, 0) is 50.8 Å². The van der Waals surface area contributed by atoms with E-state index in [1.807, 2.05) is 13.0 Å². The number of fused-ring (bicyclic) bond motifs is 3. The maximum atomic E-state index is 14.0. The molecule has 9 nitrogen and oxygen atoms in total. The fraction of sp³-hybridized carbons (Fsp3) is 0.577. The average Bonchev–Trinajstić information content (AvgIpc) is 3.27. The van der Waals surface area contributed by atoms with Gasteiger partial charge in [-0.25, -0.2) is 9.59 Å². The minimum Gasteiger partial charge on any atom is -0.472 e. The van der Waals surface area contributed by atoms with Gasteiger partial charge in [-0.3, -0.25) is 4.79 Å². The third-order valence-electron chi connectivity index (χ3n) is 9.86. The molecule has 35 heavy (non-hydrogen) atoms. The van der Waals surface area contributed by atoms with Crippen LogP contribution in [-0.4, -0.2) is 56.4 Å². The van der Waals surface area contributed by atoms with Crippen molar-refractivity contribution in [2.24, 2.45) is 10.8 Å². The normalized spacial score (nSPS) is 48.7. The van der Waals surface area contributed by atoms with Gasteiger partial charge in [-0.1, -0.05) is 13.0 Å². The fourth-order valence-corrected chi connectivity index (χ4v) is 8.24. The summed E-state index contributed by atoms with van der Waals surface area (Å²) < 4.78 is 22.8. The Bertz CT molecular complexity index is 1320. The zero-order chi connectivity index (χ0) is 25.0. The molecule has 3 aliphatic carbocycles. The van der Waals surface area contributed by atoms with Gasteiger partial charge in [-0.2, -0.15) is 0 Å². The van der Waals surface area contributed by atoms with E-state index in [1.165, 1.54) is 19.5 Å². The zero-order valence-corrected chi connectivity index (χ0v) is 19.8. The number of carbonyl (C=O) groups excluding carboxylic acids is 3. The molecule has 2 saturated heterocycles. The van der Waals surface area contributed by atoms with Crippen LogP contribution in [0.1, 0.15) is 58.6 Å². The average molecular weight is 482 g/mol. The second-order valence-corrected chi connectivity index (χ2v) is 11.7. The highest BCUT2D eigenvalue weighted by atomic mass is 16.7. The number of hydrogen-bond donors (Lipinski definition) is 2. The monoisotopic (exact) mass is 482 g/mol. The van der Waals surface area contributed by atoms with E-state index in [-0.39, 0.29) is 12.0 Å². The number of ether oxygens (including phenoxy) is 3. The molecule has 0 amide bonds. The lowest BCUT2D eigenvalue weighted by Crippen LogP contribution is -2.85. The van der Waals surface area contributed by atoms with Crippen LogP contribution in [0.5, 0.6) is 0 Å². The Balaban J connectivity index is 1.56. The molecule has 7 atom stereocenters. The Labute approximate surface area is 200 Å². The van der Waals surface area contributed by atoms with Crippen molar-refractivity contribution >= 4 is 17.7 Å². The Morgan fingerprint density at radius 1 is 1.03 bits per heavy atom. The van der Waals surface area contributed by atoms with Gasteiger partial charge in [0, 0.05) is 17.4 Å². The van der Waals surface area contributed by atoms with E-state index in [1.54, 1.807) is 19.9 Å². The molecule has 0 bridgehead atoms. The quantitative estimate of drug-likeness (QED) is 0.454. The predicted molar refractivity (Wildman–Crippen MR) is 115 cm³/mol. The Morgan fingerprint density at radius 3 is 2.43 bits per heavy atom. The van der Waals surface area contributed by atoms with E-state index in [0.29, 0.717) is 29.6 Å². The minimum atomic E-state index is -2.59. The second-order valence-electron chi connectivity index (χ2n) is 11.7. The van der Waals surface area contributed by atoms with Gasteiger partial charge in [0.15, 0.2) is 34.3 Å². The maximum Gasteiger partial charge on any atom is 0.339 e. The van der Waals surface area contributed by atoms with E-state index >= 15 is 0 Å². The third-order valence-corrected chi connectivity index (χ3v) is 9.86. The van der Waals surface area contributed by atoms with Crippen molar-refractivity contribution in [3.63, 3.8) is 0 Å². The van der Waals surface area contributed by atoms with Crippen molar-refractivity contribution < 1.29 is 43.2 Å². The smallest absolute Gasteiger partial charge is 0.339 e. The SMILES string of the molecule is CC12CCC=C3C[C@]4(O)C(=O)C(C)(C)[C@]56O[C@H]5C(=O)O[C@]6(C)[C@]4(O)C(=C31)C(=O)O[C@H]2c1ccoc1. The number of allylic oxidation sites excluding steroid dienone is 1. The molecule has 3 fully saturated rings. The molecular weight excluding hydrogens is 456 g/mol. The number of epoxide rings is 1. The first kappa shape index (κ1) is 21.5. The Hall–Kier alpha value is -2.75. The van der Waals surface area contributed by atoms with Gasteiger partial charge in [0.25, 0.3) is 0 Å². The van der Waals surface area contributed by atoms with Crippen LogP contribution in [0.25, 0.3) is 0 Å². The van der Waals surface area contributed by atoms with Crippen molar-refractivity contribution in [2.45, 2.75) is 81.6 Å². The number of cyclic esters (lactones) is 1. The van der Waals surface area contributed by atoms with Crippen LogP contribution in [0.2, 0.25) is 0 Å². The zero-order valence-electron chi connectivity index (χ0n) is 19.8. The van der Waals surface area contributed by atoms with Gasteiger partial charge in [0.1, 0.15) is 6.10 Å². The van der Waals surface area contributed by atoms with Gasteiger partial charge in [0.2, 0.25) is 0 Å². The highest BCUT2D eigenvalue weighted by molar-refractivity contribution is 6.07. The topological polar surface area (TPSA) is 136 Å². The van der Waals surface area contributed by atoms with E-state index < -0.39 is 63.2 Å². The lowest BCUT2D eigenvalue weighted by atomic mass is 9.42. The molecule has 7 rings (SSSR count). The van der Waals surface area contributed by atoms with Crippen molar-refractivity contribution in [1.29, 1.82) is 0 Å². The second kappa shape index (κ2) is 5.63. The summed E-state index contributed by atoms with van der Waals surface area (Å²) in [5, 5.41) is 24.8. The molecule has 1 spiro atoms. The lowest BCUT2D eigenvalue weighted by Gasteiger charge is -2.64. The summed E-state index contributed by atoms with van der Waals surface area (Å²) >= 11 is 0. The van der Waals surface area contributed by atoms with E-state index in [2.05, 4.69) is 0 Å². The van der Waals surface area contributed by atoms with E-state index in [4.69, 9.17) is 18.6 Å². The van der Waals surface area contributed by atoms with Crippen LogP contribution < -0.4 is 0 Å². The summed E-state index contributed by atoms with van der Waals surface area (Å²) in [6.45, 7) is 6.57. The molecule has 184 valence electrons. The molecule has 6 aliphatic rings. The van der Waals surface area contributed by atoms with Crippen LogP contribution in [0, 0.1) is 10.8 Å². The standard InChI is InChI=1S/C26H26O9/c1-21(2)20(29)24(30)10-12-6-5-8-22(3)14(12)15(18(27)33-16(22)13-7-9-32-11-13)25(24,31)23(4)26(21)17(34-26)19(28)35-23/h6-7,9,11,16-17,30-31H,5,8,10H2,1-4H3/t16-,17-,22?,23+,24-,25+,26+/m0/s1. The van der Waals surface area contributed by atoms with E-state index in [9.17, 15) is 24.6 Å². The summed E-state index contributed by atoms with van der Waals surface area (Å²) in [5.41, 5.74) is -9.04. The summed E-state index contributed by atoms with van der Waals surface area (Å²) in [6, 6.07) is 1.73. The molecule has 9 heteroatoms. The van der Waals surface area contributed by atoms with E-state index in [0.717, 1.165) is 0 Å². The van der Waals surface area contributed by atoms with Crippen LogP contribution in [0.3, 0.4) is 0 Å². The van der Waals surface area contributed by atoms with Crippen molar-refractivity contribution in [3.05, 3.63) is 47.0 Å². The maximum absolute atomic E-state index is 14.0. The Morgan fingerprint density at radius 2 is 1.77 bits per heavy atom. The molecule has 1 aromatic heterocycles. The number of furan rings is 1. The number of esters is 2. The summed E-state index contributed by atoms with van der Waals surface area (Å²) in [4.78, 5) is 40.6. The number of hydrogen-bond acceptors (Lipinski definition) is 9. The molecular formula is C26H26O9. The van der Waals surface area contributed by atoms with Crippen LogP contribution in [0.4, 0.5) is 0 Å². The van der Waals surface area contributed by atoms with Gasteiger partial charge in [0.05, 0.1) is 23.5 Å². The number of ketones is 1. The molecule has 1 unspecified atom stereocenters. The number of Topliss-reactive ketones (excluding diaryl/α,β-unsaturated/α-hetero) is 1. The molecule has 1 saturated carbocycles. The van der Waals surface area contributed by atoms with Crippen LogP contribution in [-0.2, 0) is 28.6 Å². The number of rotatable bonds is 1. The number of carbonyl (C=O) groups is 3. The predicted octanol–water partition coefficient (Wildman–Crippen LogP) is 1.83. The highest BCUT2D eigenvalue weighted by Crippen LogP contribution is 2.75. The molecule has 1 aromatic rings. The van der Waals surface area contributed by atoms with Gasteiger partial charge in [-0.15, -0.1) is 0 Å². The first-order valence-electron chi connectivity index (χ1n) is 11.9. The van der Waals surface area contributed by atoms with Crippen LogP contribution >= 0.6 is 0 Å². The summed E-state index contributed by atoms with van der Waals surface area (Å²) in [7, 11) is 0. The Kier molecular flexibility index (Phi) is 3.46. The van der Waals surface area contributed by atoms with Crippen molar-refractivity contribution in [1.82, 2.24) is 0 Å². The summed E-state index contributed by atoms with van der Waals surface area (Å²) in [5.74, 6) is -2.30. The summed E-state index contributed by atoms with van der Waals surface area (Å²) in [6.07, 6.45) is 4.15. The largest absolute Gasteiger partial charge is 0.472 e. The fourth-order valence-electron chi connectivity index (χ4n) is 8.24. The molecule has 3 aliphatic heterocycles. The van der Waals surface area contributed by atoms with Crippen molar-refractivity contribution in [3.8, 4) is 0 Å². The number of aliphatic hydroxyl groups is 2. The highest BCUT2D eigenvalue weighted by Gasteiger charge is 2.96. The molecule has 0 aromatic carbocycles. The molecule has 0 radical (unpaired) electrons. The lowest BCUT2D eigenvalue weighted by molar-refractivity contribution is -0.279. The first-order valence-corrected chi connectivity index (χ1v) is 11.9. The minimum absolute atomic E-state index is 0.223. The third kappa shape index (κ3) is 1.85. The molecule has 2 N–H and O–H groups in total. The first-order chi connectivity index (χ1) is 16.3.